The maximum absolute atomic E-state index is 12.8. The highest BCUT2D eigenvalue weighted by Gasteiger charge is 2.33. The molecule has 0 heterocycles. The van der Waals surface area contributed by atoms with E-state index in [9.17, 15) is 22.8 Å². The fourth-order valence-electron chi connectivity index (χ4n) is 3.07. The Morgan fingerprint density at radius 1 is 0.938 bits per heavy atom. The molecule has 0 aliphatic heterocycles. The topological polar surface area (TPSA) is 119 Å². The number of esters is 1. The Morgan fingerprint density at radius 2 is 1.62 bits per heavy atom. The molecule has 0 bridgehead atoms. The number of aryl methyl sites for hydroxylation is 1. The van der Waals surface area contributed by atoms with E-state index in [2.05, 4.69) is 10.6 Å². The second kappa shape index (κ2) is 11.4. The molecule has 2 N–H and O–H groups in total. The molecule has 1 atom stereocenters. The lowest BCUT2D eigenvalue weighted by atomic mass is 10.1. The quantitative estimate of drug-likeness (QED) is 0.526. The molecule has 2 aromatic carbocycles. The van der Waals surface area contributed by atoms with Gasteiger partial charge in [-0.3, -0.25) is 9.59 Å². The zero-order chi connectivity index (χ0) is 23.7. The van der Waals surface area contributed by atoms with E-state index in [0.29, 0.717) is 5.69 Å². The summed E-state index contributed by atoms with van der Waals surface area (Å²) in [6.45, 7) is 5.44. The van der Waals surface area contributed by atoms with E-state index in [-0.39, 0.29) is 24.3 Å². The maximum Gasteiger partial charge on any atom is 0.338 e. The first-order valence-electron chi connectivity index (χ1n) is 10.4. The van der Waals surface area contributed by atoms with Crippen LogP contribution >= 0.6 is 0 Å². The van der Waals surface area contributed by atoms with Gasteiger partial charge in [0.2, 0.25) is 11.8 Å². The SMILES string of the molecule is CCOC(=O)c1cccc(NC(=O)C(CC)S(=O)(=O)CC(=O)Nc2ccc(CC)cc2)c1. The number of hydrogen-bond acceptors (Lipinski definition) is 6. The molecule has 0 saturated carbocycles. The number of rotatable bonds is 10. The van der Waals surface area contributed by atoms with Gasteiger partial charge >= 0.3 is 5.97 Å². The molecule has 2 amide bonds. The van der Waals surface area contributed by atoms with Gasteiger partial charge in [-0.05, 0) is 55.7 Å². The van der Waals surface area contributed by atoms with Crippen molar-refractivity contribution >= 4 is 39.0 Å². The van der Waals surface area contributed by atoms with E-state index in [1.165, 1.54) is 18.2 Å². The van der Waals surface area contributed by atoms with Crippen LogP contribution in [0.4, 0.5) is 11.4 Å². The zero-order valence-corrected chi connectivity index (χ0v) is 19.2. The van der Waals surface area contributed by atoms with Gasteiger partial charge in [0.25, 0.3) is 0 Å². The van der Waals surface area contributed by atoms with Crippen molar-refractivity contribution in [3.63, 3.8) is 0 Å². The Kier molecular flexibility index (Phi) is 8.95. The number of carbonyl (C=O) groups excluding carboxylic acids is 3. The minimum Gasteiger partial charge on any atom is -0.462 e. The molecule has 9 heteroatoms. The maximum atomic E-state index is 12.8. The van der Waals surface area contributed by atoms with Crippen LogP contribution in [0.15, 0.2) is 48.5 Å². The molecule has 8 nitrogen and oxygen atoms in total. The fraction of sp³-hybridized carbons (Fsp3) is 0.348. The standard InChI is InChI=1S/C23H28N2O6S/c1-4-16-10-12-18(13-11-16)24-21(26)15-32(29,30)20(5-2)22(27)25-19-9-7-8-17(14-19)23(28)31-6-3/h7-14,20H,4-6,15H2,1-3H3,(H,24,26)(H,25,27). The van der Waals surface area contributed by atoms with E-state index in [1.54, 1.807) is 32.0 Å². The van der Waals surface area contributed by atoms with Gasteiger partial charge in [0, 0.05) is 11.4 Å². The fourth-order valence-corrected chi connectivity index (χ4v) is 4.60. The number of hydrogen-bond donors (Lipinski definition) is 2. The van der Waals surface area contributed by atoms with Crippen LogP contribution in [-0.2, 0) is 30.6 Å². The molecule has 0 aliphatic carbocycles. The highest BCUT2D eigenvalue weighted by Crippen LogP contribution is 2.16. The van der Waals surface area contributed by atoms with Crippen molar-refractivity contribution in [1.82, 2.24) is 0 Å². The summed E-state index contributed by atoms with van der Waals surface area (Å²) in [5.74, 6) is -2.86. The first-order valence-corrected chi connectivity index (χ1v) is 12.1. The molecular formula is C23H28N2O6S. The van der Waals surface area contributed by atoms with Crippen LogP contribution in [0.3, 0.4) is 0 Å². The number of sulfone groups is 1. The van der Waals surface area contributed by atoms with E-state index >= 15 is 0 Å². The second-order valence-electron chi connectivity index (χ2n) is 7.09. The molecule has 0 spiro atoms. The molecular weight excluding hydrogens is 432 g/mol. The van der Waals surface area contributed by atoms with E-state index in [4.69, 9.17) is 4.74 Å². The van der Waals surface area contributed by atoms with Crippen LogP contribution in [0.1, 0.15) is 43.1 Å². The number of carbonyl (C=O) groups is 3. The summed E-state index contributed by atoms with van der Waals surface area (Å²) in [5, 5.41) is 3.65. The normalized spacial score (nSPS) is 12.0. The minimum atomic E-state index is -4.07. The molecule has 0 saturated heterocycles. The second-order valence-corrected chi connectivity index (χ2v) is 9.28. The number of ether oxygens (including phenoxy) is 1. The van der Waals surface area contributed by atoms with Crippen LogP contribution in [-0.4, -0.2) is 43.8 Å². The summed E-state index contributed by atoms with van der Waals surface area (Å²) in [5.41, 5.74) is 2.06. The van der Waals surface area contributed by atoms with Gasteiger partial charge in [0.15, 0.2) is 9.84 Å². The van der Waals surface area contributed by atoms with Gasteiger partial charge < -0.3 is 15.4 Å². The Morgan fingerprint density at radius 3 is 2.22 bits per heavy atom. The first-order chi connectivity index (χ1) is 15.2. The van der Waals surface area contributed by atoms with E-state index in [0.717, 1.165) is 12.0 Å². The smallest absolute Gasteiger partial charge is 0.338 e. The molecule has 2 rings (SSSR count). The summed E-state index contributed by atoms with van der Waals surface area (Å²) in [6, 6.07) is 13.1. The van der Waals surface area contributed by atoms with Gasteiger partial charge in [0.1, 0.15) is 11.0 Å². The number of benzene rings is 2. The highest BCUT2D eigenvalue weighted by molar-refractivity contribution is 7.93. The van der Waals surface area contributed by atoms with Gasteiger partial charge in [-0.25, -0.2) is 13.2 Å². The van der Waals surface area contributed by atoms with Gasteiger partial charge in [0.05, 0.1) is 12.2 Å². The molecule has 0 fully saturated rings. The molecule has 0 aromatic heterocycles. The summed E-state index contributed by atoms with van der Waals surface area (Å²) < 4.78 is 30.4. The Hall–Kier alpha value is -3.20. The number of anilines is 2. The highest BCUT2D eigenvalue weighted by atomic mass is 32.2. The average molecular weight is 461 g/mol. The lowest BCUT2D eigenvalue weighted by molar-refractivity contribution is -0.115. The Bertz CT molecular complexity index is 1060. The van der Waals surface area contributed by atoms with Crippen molar-refractivity contribution in [2.24, 2.45) is 0 Å². The molecule has 32 heavy (non-hydrogen) atoms. The van der Waals surface area contributed by atoms with Crippen LogP contribution in [0.2, 0.25) is 0 Å². The predicted octanol–water partition coefficient (Wildman–Crippen LogP) is 3.20. The van der Waals surface area contributed by atoms with Gasteiger partial charge in [-0.2, -0.15) is 0 Å². The Balaban J connectivity index is 2.07. The largest absolute Gasteiger partial charge is 0.462 e. The third-order valence-electron chi connectivity index (χ3n) is 4.72. The van der Waals surface area contributed by atoms with Crippen LogP contribution in [0.5, 0.6) is 0 Å². The zero-order valence-electron chi connectivity index (χ0n) is 18.4. The van der Waals surface area contributed by atoms with E-state index in [1.807, 2.05) is 19.1 Å². The summed E-state index contributed by atoms with van der Waals surface area (Å²) in [7, 11) is -4.07. The van der Waals surface area contributed by atoms with Crippen molar-refractivity contribution in [3.8, 4) is 0 Å². The summed E-state index contributed by atoms with van der Waals surface area (Å²) in [6.07, 6.45) is 0.836. The van der Waals surface area contributed by atoms with Crippen LogP contribution in [0, 0.1) is 0 Å². The minimum absolute atomic E-state index is 0.00971. The van der Waals surface area contributed by atoms with Gasteiger partial charge in [-0.15, -0.1) is 0 Å². The predicted molar refractivity (Wildman–Crippen MR) is 123 cm³/mol. The van der Waals surface area contributed by atoms with Crippen molar-refractivity contribution < 1.29 is 27.5 Å². The molecule has 172 valence electrons. The number of amides is 2. The third kappa shape index (κ3) is 6.91. The van der Waals surface area contributed by atoms with E-state index < -0.39 is 38.6 Å². The molecule has 2 aromatic rings. The lowest BCUT2D eigenvalue weighted by Crippen LogP contribution is -2.39. The van der Waals surface area contributed by atoms with Crippen molar-refractivity contribution in [3.05, 3.63) is 59.7 Å². The summed E-state index contributed by atoms with van der Waals surface area (Å²) >= 11 is 0. The van der Waals surface area contributed by atoms with Gasteiger partial charge in [-0.1, -0.05) is 32.0 Å². The lowest BCUT2D eigenvalue weighted by Gasteiger charge is -2.16. The summed E-state index contributed by atoms with van der Waals surface area (Å²) in [4.78, 5) is 36.8. The van der Waals surface area contributed by atoms with Crippen LogP contribution < -0.4 is 10.6 Å². The van der Waals surface area contributed by atoms with Crippen LogP contribution in [0.25, 0.3) is 0 Å². The molecule has 1 unspecified atom stereocenters. The average Bonchev–Trinajstić information content (AvgIpc) is 2.74. The third-order valence-corrected chi connectivity index (χ3v) is 6.80. The first kappa shape index (κ1) is 25.1. The Labute approximate surface area is 188 Å². The molecule has 0 radical (unpaired) electrons. The van der Waals surface area contributed by atoms with Crippen molar-refractivity contribution in [1.29, 1.82) is 0 Å². The van der Waals surface area contributed by atoms with Crippen molar-refractivity contribution in [2.45, 2.75) is 38.9 Å². The monoisotopic (exact) mass is 460 g/mol. The van der Waals surface area contributed by atoms with Crippen molar-refractivity contribution in [2.75, 3.05) is 23.0 Å². The molecule has 0 aliphatic rings. The number of nitrogens with one attached hydrogen (secondary N) is 2.